The number of amides is 3. The molecule has 1 saturated heterocycles. The second-order valence-electron chi connectivity index (χ2n) is 6.28. The third kappa shape index (κ3) is 5.36. The van der Waals surface area contributed by atoms with E-state index in [0.717, 1.165) is 11.0 Å². The van der Waals surface area contributed by atoms with E-state index in [1.54, 1.807) is 12.1 Å². The Balaban J connectivity index is 1.77. The van der Waals surface area contributed by atoms with Gasteiger partial charge in [-0.3, -0.25) is 19.3 Å². The highest BCUT2D eigenvalue weighted by Gasteiger charge is 2.36. The van der Waals surface area contributed by atoms with Gasteiger partial charge in [0.05, 0.1) is 23.6 Å². The summed E-state index contributed by atoms with van der Waals surface area (Å²) in [5, 5.41) is 2.16. The van der Waals surface area contributed by atoms with Crippen molar-refractivity contribution in [3.63, 3.8) is 0 Å². The number of halogens is 2. The van der Waals surface area contributed by atoms with Gasteiger partial charge in [0.1, 0.15) is 12.4 Å². The molecule has 7 nitrogen and oxygen atoms in total. The van der Waals surface area contributed by atoms with Gasteiger partial charge in [-0.25, -0.2) is 4.39 Å². The van der Waals surface area contributed by atoms with Gasteiger partial charge in [-0.15, -0.1) is 0 Å². The number of methoxy groups -OCH3 is 1. The van der Waals surface area contributed by atoms with Crippen LogP contribution in [0, 0.1) is 5.82 Å². The Morgan fingerprint density at radius 3 is 2.71 bits per heavy atom. The summed E-state index contributed by atoms with van der Waals surface area (Å²) < 4.78 is 24.0. The van der Waals surface area contributed by atoms with Crippen molar-refractivity contribution in [3.05, 3.63) is 57.7 Å². The van der Waals surface area contributed by atoms with Gasteiger partial charge in [0.2, 0.25) is 5.91 Å². The molecule has 1 fully saturated rings. The molecule has 1 aliphatic heterocycles. The largest absolute Gasteiger partial charge is 0.493 e. The van der Waals surface area contributed by atoms with Crippen LogP contribution in [-0.4, -0.2) is 42.2 Å². The van der Waals surface area contributed by atoms with Crippen molar-refractivity contribution in [2.75, 3.05) is 25.6 Å². The van der Waals surface area contributed by atoms with Crippen molar-refractivity contribution in [1.29, 1.82) is 0 Å². The van der Waals surface area contributed by atoms with Crippen LogP contribution in [0.15, 0.2) is 41.3 Å². The summed E-state index contributed by atoms with van der Waals surface area (Å²) in [6.07, 6.45) is 1.46. The Kier molecular flexibility index (Phi) is 7.19. The highest BCUT2D eigenvalue weighted by molar-refractivity contribution is 8.18. The first kappa shape index (κ1) is 22.6. The zero-order valence-electron chi connectivity index (χ0n) is 16.6. The fourth-order valence-corrected chi connectivity index (χ4v) is 3.81. The minimum atomic E-state index is -0.630. The third-order valence-corrected chi connectivity index (χ3v) is 5.39. The molecule has 0 aromatic heterocycles. The van der Waals surface area contributed by atoms with E-state index in [4.69, 9.17) is 21.1 Å². The minimum Gasteiger partial charge on any atom is -0.493 e. The lowest BCUT2D eigenvalue weighted by Crippen LogP contribution is -2.36. The average molecular weight is 465 g/mol. The van der Waals surface area contributed by atoms with Crippen LogP contribution in [0.1, 0.15) is 12.5 Å². The first-order valence-corrected chi connectivity index (χ1v) is 10.3. The summed E-state index contributed by atoms with van der Waals surface area (Å²) in [6.45, 7) is 1.71. The second-order valence-corrected chi connectivity index (χ2v) is 7.68. The van der Waals surface area contributed by atoms with Gasteiger partial charge in [-0.2, -0.15) is 0 Å². The summed E-state index contributed by atoms with van der Waals surface area (Å²) >= 11 is 6.97. The van der Waals surface area contributed by atoms with Crippen LogP contribution in [0.5, 0.6) is 11.5 Å². The number of nitrogens with one attached hydrogen (secondary N) is 1. The van der Waals surface area contributed by atoms with Crippen LogP contribution in [0.25, 0.3) is 6.08 Å². The predicted octanol–water partition coefficient (Wildman–Crippen LogP) is 4.56. The Morgan fingerprint density at radius 2 is 2.03 bits per heavy atom. The Morgan fingerprint density at radius 1 is 1.26 bits per heavy atom. The molecule has 0 radical (unpaired) electrons. The van der Waals surface area contributed by atoms with E-state index in [-0.39, 0.29) is 10.6 Å². The van der Waals surface area contributed by atoms with Gasteiger partial charge in [-0.05, 0) is 54.6 Å². The van der Waals surface area contributed by atoms with Crippen LogP contribution in [0.3, 0.4) is 0 Å². The van der Waals surface area contributed by atoms with E-state index >= 15 is 0 Å². The second kappa shape index (κ2) is 9.84. The fraction of sp³-hybridized carbons (Fsp3) is 0.190. The monoisotopic (exact) mass is 464 g/mol. The SMILES string of the molecule is CCOc1cc(/C=C2/SC(=O)N(CC(=O)Nc3cccc(F)c3)C2=O)c(Cl)cc1OC. The molecular formula is C21H18ClFN2O5S. The van der Waals surface area contributed by atoms with E-state index in [1.165, 1.54) is 31.4 Å². The predicted molar refractivity (Wildman–Crippen MR) is 117 cm³/mol. The van der Waals surface area contributed by atoms with Gasteiger partial charge >= 0.3 is 0 Å². The van der Waals surface area contributed by atoms with E-state index in [1.807, 2.05) is 6.92 Å². The van der Waals surface area contributed by atoms with Crippen molar-refractivity contribution in [2.24, 2.45) is 0 Å². The molecule has 1 aliphatic rings. The smallest absolute Gasteiger partial charge is 0.294 e. The maximum atomic E-state index is 13.3. The number of ether oxygens (including phenoxy) is 2. The zero-order chi connectivity index (χ0) is 22.5. The summed E-state index contributed by atoms with van der Waals surface area (Å²) in [7, 11) is 1.48. The van der Waals surface area contributed by atoms with Crippen molar-refractivity contribution in [2.45, 2.75) is 6.92 Å². The number of carbonyl (C=O) groups is 3. The maximum absolute atomic E-state index is 13.3. The van der Waals surface area contributed by atoms with Gasteiger partial charge in [0.15, 0.2) is 11.5 Å². The molecule has 2 aromatic carbocycles. The number of hydrogen-bond donors (Lipinski definition) is 1. The molecular weight excluding hydrogens is 447 g/mol. The standard InChI is InChI=1S/C21H18ClFN2O5S/c1-3-30-17-7-12(15(22)10-16(17)29-2)8-18-20(27)25(21(28)31-18)11-19(26)24-14-6-4-5-13(23)9-14/h4-10H,3,11H2,1-2H3,(H,24,26)/b18-8+. The third-order valence-electron chi connectivity index (χ3n) is 4.15. The number of nitrogens with zero attached hydrogens (tertiary/aromatic N) is 1. The number of anilines is 1. The molecule has 1 N–H and O–H groups in total. The van der Waals surface area contributed by atoms with E-state index in [9.17, 15) is 18.8 Å². The number of benzene rings is 2. The first-order chi connectivity index (χ1) is 14.8. The van der Waals surface area contributed by atoms with Crippen molar-refractivity contribution < 1.29 is 28.2 Å². The number of carbonyl (C=O) groups excluding carboxylic acids is 3. The highest BCUT2D eigenvalue weighted by atomic mass is 35.5. The molecule has 10 heteroatoms. The van der Waals surface area contributed by atoms with Crippen LogP contribution in [0.2, 0.25) is 5.02 Å². The van der Waals surface area contributed by atoms with Crippen LogP contribution in [-0.2, 0) is 9.59 Å². The lowest BCUT2D eigenvalue weighted by Gasteiger charge is -2.13. The molecule has 0 saturated carbocycles. The number of imide groups is 1. The fourth-order valence-electron chi connectivity index (χ4n) is 2.78. The number of thioether (sulfide) groups is 1. The first-order valence-electron chi connectivity index (χ1n) is 9.13. The molecule has 3 amide bonds. The quantitative estimate of drug-likeness (QED) is 0.604. The van der Waals surface area contributed by atoms with Crippen molar-refractivity contribution in [3.8, 4) is 11.5 Å². The number of hydrogen-bond acceptors (Lipinski definition) is 6. The van der Waals surface area contributed by atoms with E-state index in [0.29, 0.717) is 40.5 Å². The summed E-state index contributed by atoms with van der Waals surface area (Å²) in [4.78, 5) is 38.1. The topological polar surface area (TPSA) is 84.9 Å². The molecule has 0 aliphatic carbocycles. The Labute approximate surface area is 187 Å². The number of rotatable bonds is 7. The minimum absolute atomic E-state index is 0.109. The van der Waals surface area contributed by atoms with Gasteiger partial charge in [0.25, 0.3) is 11.1 Å². The lowest BCUT2D eigenvalue weighted by molar-refractivity contribution is -0.127. The van der Waals surface area contributed by atoms with Gasteiger partial charge in [-0.1, -0.05) is 17.7 Å². The molecule has 0 unspecified atom stereocenters. The van der Waals surface area contributed by atoms with Gasteiger partial charge in [0, 0.05) is 11.8 Å². The van der Waals surface area contributed by atoms with Crippen LogP contribution < -0.4 is 14.8 Å². The summed E-state index contributed by atoms with van der Waals surface area (Å²) in [6, 6.07) is 8.45. The molecule has 0 bridgehead atoms. The molecule has 31 heavy (non-hydrogen) atoms. The van der Waals surface area contributed by atoms with E-state index < -0.39 is 29.4 Å². The highest BCUT2D eigenvalue weighted by Crippen LogP contribution is 2.37. The average Bonchev–Trinajstić information content (AvgIpc) is 2.97. The van der Waals surface area contributed by atoms with Crippen LogP contribution >= 0.6 is 23.4 Å². The Bertz CT molecular complexity index is 1080. The Hall–Kier alpha value is -3.04. The lowest BCUT2D eigenvalue weighted by atomic mass is 10.1. The normalized spacial score (nSPS) is 14.8. The van der Waals surface area contributed by atoms with E-state index in [2.05, 4.69) is 5.32 Å². The molecule has 0 atom stereocenters. The summed E-state index contributed by atoms with van der Waals surface area (Å²) in [5.41, 5.74) is 0.682. The molecule has 162 valence electrons. The molecule has 3 rings (SSSR count). The van der Waals surface area contributed by atoms with Crippen molar-refractivity contribution in [1.82, 2.24) is 4.90 Å². The zero-order valence-corrected chi connectivity index (χ0v) is 18.2. The maximum Gasteiger partial charge on any atom is 0.294 e. The van der Waals surface area contributed by atoms with Crippen molar-refractivity contribution >= 4 is 52.2 Å². The van der Waals surface area contributed by atoms with Crippen LogP contribution in [0.4, 0.5) is 14.9 Å². The molecule has 1 heterocycles. The molecule has 0 spiro atoms. The summed E-state index contributed by atoms with van der Waals surface area (Å²) in [5.74, 6) is -0.903. The molecule has 2 aromatic rings. The van der Waals surface area contributed by atoms with Gasteiger partial charge < -0.3 is 14.8 Å².